The molecule has 1 aliphatic rings. The van der Waals surface area contributed by atoms with Gasteiger partial charge in [0.1, 0.15) is 5.82 Å². The van der Waals surface area contributed by atoms with Gasteiger partial charge < -0.3 is 0 Å². The molecule has 0 bridgehead atoms. The Bertz CT molecular complexity index is 798. The molecule has 2 aromatic carbocycles. The van der Waals surface area contributed by atoms with Gasteiger partial charge in [-0.15, -0.1) is 0 Å². The third kappa shape index (κ3) is 3.99. The molecular formula is C17H13BrClFN2OS. The summed E-state index contributed by atoms with van der Waals surface area (Å²) in [6.07, 6.45) is 0. The highest BCUT2D eigenvalue weighted by Gasteiger charge is 2.26. The zero-order chi connectivity index (χ0) is 17.1. The average molecular weight is 428 g/mol. The van der Waals surface area contributed by atoms with E-state index in [9.17, 15) is 9.18 Å². The summed E-state index contributed by atoms with van der Waals surface area (Å²) in [5.74, 6) is 0.196. The van der Waals surface area contributed by atoms with Crippen molar-refractivity contribution in [2.24, 2.45) is 4.99 Å². The van der Waals surface area contributed by atoms with Crippen molar-refractivity contribution in [3.8, 4) is 0 Å². The Morgan fingerprint density at radius 3 is 2.79 bits per heavy atom. The van der Waals surface area contributed by atoms with Gasteiger partial charge in [-0.05, 0) is 35.9 Å². The number of halogens is 3. The SMILES string of the molecule is O=C(c1cc(Br)ccc1Cl)N1CCN=C1SCc1ccc(F)cc1. The Labute approximate surface area is 157 Å². The molecule has 3 rings (SSSR count). The lowest BCUT2D eigenvalue weighted by Crippen LogP contribution is -2.33. The van der Waals surface area contributed by atoms with Gasteiger partial charge in [-0.3, -0.25) is 14.7 Å². The molecule has 24 heavy (non-hydrogen) atoms. The molecule has 0 spiro atoms. The summed E-state index contributed by atoms with van der Waals surface area (Å²) < 4.78 is 13.8. The van der Waals surface area contributed by atoms with E-state index in [1.165, 1.54) is 23.9 Å². The van der Waals surface area contributed by atoms with Crippen molar-refractivity contribution >= 4 is 50.4 Å². The molecule has 1 aliphatic heterocycles. The molecule has 0 fully saturated rings. The molecule has 0 N–H and O–H groups in total. The number of carbonyl (C=O) groups excluding carboxylic acids is 1. The molecule has 0 aliphatic carbocycles. The maximum absolute atomic E-state index is 13.0. The Hall–Kier alpha value is -1.37. The lowest BCUT2D eigenvalue weighted by Gasteiger charge is -2.18. The first-order chi connectivity index (χ1) is 11.5. The predicted octanol–water partition coefficient (Wildman–Crippen LogP) is 4.99. The molecule has 3 nitrogen and oxygen atoms in total. The zero-order valence-electron chi connectivity index (χ0n) is 12.5. The van der Waals surface area contributed by atoms with Crippen molar-refractivity contribution in [3.05, 3.63) is 68.9 Å². The number of hydrogen-bond acceptors (Lipinski definition) is 3. The summed E-state index contributed by atoms with van der Waals surface area (Å²) in [6.45, 7) is 1.11. The summed E-state index contributed by atoms with van der Waals surface area (Å²) >= 11 is 11.0. The van der Waals surface area contributed by atoms with Crippen LogP contribution in [0.4, 0.5) is 4.39 Å². The Morgan fingerprint density at radius 2 is 2.04 bits per heavy atom. The van der Waals surface area contributed by atoms with E-state index < -0.39 is 0 Å². The number of nitrogens with zero attached hydrogens (tertiary/aromatic N) is 2. The van der Waals surface area contributed by atoms with Gasteiger partial charge in [0, 0.05) is 16.8 Å². The molecule has 124 valence electrons. The van der Waals surface area contributed by atoms with Gasteiger partial charge in [-0.1, -0.05) is 51.4 Å². The standard InChI is InChI=1S/C17H13BrClFN2OS/c18-12-3-6-15(19)14(9-12)16(23)22-8-7-21-17(22)24-10-11-1-4-13(20)5-2-11/h1-6,9H,7-8,10H2. The first-order valence-corrected chi connectivity index (χ1v) is 9.39. The van der Waals surface area contributed by atoms with Crippen molar-refractivity contribution in [2.45, 2.75) is 5.75 Å². The van der Waals surface area contributed by atoms with Gasteiger partial charge in [-0.2, -0.15) is 0 Å². The van der Waals surface area contributed by atoms with E-state index >= 15 is 0 Å². The van der Waals surface area contributed by atoms with Crippen LogP contribution in [0.3, 0.4) is 0 Å². The van der Waals surface area contributed by atoms with E-state index in [0.29, 0.717) is 34.6 Å². The molecule has 1 heterocycles. The van der Waals surface area contributed by atoms with Gasteiger partial charge in [0.25, 0.3) is 5.91 Å². The second kappa shape index (κ2) is 7.68. The molecule has 0 saturated heterocycles. The number of thioether (sulfide) groups is 1. The molecule has 0 radical (unpaired) electrons. The van der Waals surface area contributed by atoms with E-state index in [0.717, 1.165) is 10.0 Å². The first-order valence-electron chi connectivity index (χ1n) is 7.23. The van der Waals surface area contributed by atoms with Crippen molar-refractivity contribution in [3.63, 3.8) is 0 Å². The smallest absolute Gasteiger partial charge is 0.261 e. The van der Waals surface area contributed by atoms with E-state index in [4.69, 9.17) is 11.6 Å². The van der Waals surface area contributed by atoms with E-state index in [1.807, 2.05) is 0 Å². The van der Waals surface area contributed by atoms with Crippen LogP contribution in [0, 0.1) is 5.82 Å². The fourth-order valence-electron chi connectivity index (χ4n) is 2.27. The Morgan fingerprint density at radius 1 is 1.29 bits per heavy atom. The van der Waals surface area contributed by atoms with Gasteiger partial charge in [0.05, 0.1) is 17.1 Å². The number of rotatable bonds is 3. The third-order valence-electron chi connectivity index (χ3n) is 3.49. The van der Waals surface area contributed by atoms with Crippen LogP contribution in [-0.2, 0) is 5.75 Å². The number of amides is 1. The molecule has 0 saturated carbocycles. The molecule has 0 unspecified atom stereocenters. The highest BCUT2D eigenvalue weighted by molar-refractivity contribution is 9.10. The fourth-order valence-corrected chi connectivity index (χ4v) is 3.83. The minimum atomic E-state index is -0.261. The summed E-state index contributed by atoms with van der Waals surface area (Å²) in [4.78, 5) is 18.8. The van der Waals surface area contributed by atoms with Crippen molar-refractivity contribution in [1.29, 1.82) is 0 Å². The predicted molar refractivity (Wildman–Crippen MR) is 100 cm³/mol. The maximum Gasteiger partial charge on any atom is 0.261 e. The van der Waals surface area contributed by atoms with Crippen LogP contribution < -0.4 is 0 Å². The lowest BCUT2D eigenvalue weighted by molar-refractivity contribution is 0.0861. The summed E-state index contributed by atoms with van der Waals surface area (Å²) in [5.41, 5.74) is 1.42. The molecule has 0 aromatic heterocycles. The van der Waals surface area contributed by atoms with Crippen LogP contribution in [0.15, 0.2) is 51.9 Å². The molecule has 0 atom stereocenters. The normalized spacial score (nSPS) is 14.0. The summed E-state index contributed by atoms with van der Waals surface area (Å²) in [7, 11) is 0. The van der Waals surface area contributed by atoms with Crippen LogP contribution in [-0.4, -0.2) is 29.1 Å². The minimum absolute atomic E-state index is 0.163. The van der Waals surface area contributed by atoms with Crippen LogP contribution >= 0.6 is 39.3 Å². The Kier molecular flexibility index (Phi) is 5.58. The zero-order valence-corrected chi connectivity index (χ0v) is 15.7. The fraction of sp³-hybridized carbons (Fsp3) is 0.176. The number of benzene rings is 2. The quantitative estimate of drug-likeness (QED) is 0.691. The summed E-state index contributed by atoms with van der Waals surface area (Å²) in [6, 6.07) is 11.5. The number of amidine groups is 1. The van der Waals surface area contributed by atoms with Crippen LogP contribution in [0.5, 0.6) is 0 Å². The monoisotopic (exact) mass is 426 g/mol. The van der Waals surface area contributed by atoms with Crippen LogP contribution in [0.25, 0.3) is 0 Å². The third-order valence-corrected chi connectivity index (χ3v) is 5.39. The highest BCUT2D eigenvalue weighted by Crippen LogP contribution is 2.26. The molecule has 2 aromatic rings. The van der Waals surface area contributed by atoms with Gasteiger partial charge in [-0.25, -0.2) is 4.39 Å². The van der Waals surface area contributed by atoms with Gasteiger partial charge in [0.15, 0.2) is 5.17 Å². The average Bonchev–Trinajstić information content (AvgIpc) is 3.04. The maximum atomic E-state index is 13.0. The molecule has 1 amide bonds. The first kappa shape index (κ1) is 17.5. The molecule has 7 heteroatoms. The van der Waals surface area contributed by atoms with Crippen molar-refractivity contribution in [2.75, 3.05) is 13.1 Å². The lowest BCUT2D eigenvalue weighted by atomic mass is 10.2. The Balaban J connectivity index is 1.71. The molecular weight excluding hydrogens is 415 g/mol. The minimum Gasteiger partial charge on any atom is -0.286 e. The van der Waals surface area contributed by atoms with Crippen LogP contribution in [0.2, 0.25) is 5.02 Å². The second-order valence-corrected chi connectivity index (χ2v) is 7.43. The highest BCUT2D eigenvalue weighted by atomic mass is 79.9. The number of aliphatic imine (C=N–C) groups is 1. The van der Waals surface area contributed by atoms with Gasteiger partial charge in [0.2, 0.25) is 0 Å². The van der Waals surface area contributed by atoms with Gasteiger partial charge >= 0.3 is 0 Å². The van der Waals surface area contributed by atoms with Crippen LogP contribution in [0.1, 0.15) is 15.9 Å². The second-order valence-electron chi connectivity index (χ2n) is 5.16. The number of carbonyl (C=O) groups is 1. The van der Waals surface area contributed by atoms with Crippen molar-refractivity contribution < 1.29 is 9.18 Å². The number of hydrogen-bond donors (Lipinski definition) is 0. The topological polar surface area (TPSA) is 32.7 Å². The van der Waals surface area contributed by atoms with Crippen molar-refractivity contribution in [1.82, 2.24) is 4.90 Å². The van der Waals surface area contributed by atoms with E-state index in [-0.39, 0.29) is 11.7 Å². The van der Waals surface area contributed by atoms with E-state index in [1.54, 1.807) is 35.2 Å². The largest absolute Gasteiger partial charge is 0.286 e. The van der Waals surface area contributed by atoms with E-state index in [2.05, 4.69) is 20.9 Å². The summed E-state index contributed by atoms with van der Waals surface area (Å²) in [5, 5.41) is 1.08.